The van der Waals surface area contributed by atoms with Gasteiger partial charge in [0.2, 0.25) is 0 Å². The molecule has 0 spiro atoms. The molecule has 5 unspecified atom stereocenters. The third kappa shape index (κ3) is 6.15. The Kier molecular flexibility index (Phi) is 8.50. The van der Waals surface area contributed by atoms with Gasteiger partial charge in [0.1, 0.15) is 0 Å². The fourth-order valence-electron chi connectivity index (χ4n) is 5.38. The molecule has 5 nitrogen and oxygen atoms in total. The summed E-state index contributed by atoms with van der Waals surface area (Å²) in [4.78, 5) is 0. The van der Waals surface area contributed by atoms with Gasteiger partial charge < -0.3 is 5.32 Å². The maximum atomic E-state index is 4.00. The average molecular weight is 422 g/mol. The summed E-state index contributed by atoms with van der Waals surface area (Å²) in [7, 11) is 1.86. The van der Waals surface area contributed by atoms with E-state index in [1.165, 1.54) is 37.7 Å². The molecular weight excluding hydrogens is 382 g/mol. The number of hydrogen-bond acceptors (Lipinski definition) is 5. The maximum absolute atomic E-state index is 4.00. The minimum atomic E-state index is 0.395. The Bertz CT molecular complexity index is 756. The Morgan fingerprint density at radius 2 is 1.77 bits per heavy atom. The van der Waals surface area contributed by atoms with Crippen LogP contribution in [-0.4, -0.2) is 31.8 Å². The van der Waals surface area contributed by atoms with Crippen LogP contribution < -0.4 is 27.0 Å². The third-order valence-electron chi connectivity index (χ3n) is 6.95. The molecule has 0 radical (unpaired) electrons. The van der Waals surface area contributed by atoms with Gasteiger partial charge in [0.05, 0.1) is 6.67 Å². The van der Waals surface area contributed by atoms with Gasteiger partial charge in [0, 0.05) is 30.0 Å². The summed E-state index contributed by atoms with van der Waals surface area (Å²) in [5, 5.41) is 7.70. The third-order valence-corrected chi connectivity index (χ3v) is 6.95. The topological polar surface area (TPSA) is 60.1 Å². The molecule has 0 saturated carbocycles. The van der Waals surface area contributed by atoms with Crippen molar-refractivity contribution in [1.82, 2.24) is 27.0 Å². The van der Waals surface area contributed by atoms with E-state index in [0.29, 0.717) is 30.0 Å². The van der Waals surface area contributed by atoms with Crippen molar-refractivity contribution in [3.05, 3.63) is 71.8 Å². The van der Waals surface area contributed by atoms with Gasteiger partial charge in [-0.2, -0.15) is 5.53 Å². The SMILES string of the molecule is CNNNCNC1CCC(C2C=CCCC2NC2C=CCCC2)=CC1c1ccccc1. The van der Waals surface area contributed by atoms with E-state index in [0.717, 1.165) is 19.5 Å². The summed E-state index contributed by atoms with van der Waals surface area (Å²) in [5.74, 6) is 0.909. The Labute approximate surface area is 187 Å². The maximum Gasteiger partial charge on any atom is 0.0605 e. The predicted octanol–water partition coefficient (Wildman–Crippen LogP) is 3.67. The number of benzene rings is 1. The number of hydrogen-bond donors (Lipinski definition) is 5. The van der Waals surface area contributed by atoms with E-state index in [1.807, 2.05) is 7.05 Å². The molecule has 0 fully saturated rings. The van der Waals surface area contributed by atoms with Gasteiger partial charge in [0.25, 0.3) is 0 Å². The van der Waals surface area contributed by atoms with E-state index in [1.54, 1.807) is 5.57 Å². The smallest absolute Gasteiger partial charge is 0.0605 e. The molecule has 4 rings (SSSR count). The molecule has 0 heterocycles. The van der Waals surface area contributed by atoms with Crippen molar-refractivity contribution < 1.29 is 0 Å². The fourth-order valence-corrected chi connectivity index (χ4v) is 5.38. The van der Waals surface area contributed by atoms with Crippen LogP contribution in [0.4, 0.5) is 0 Å². The second kappa shape index (κ2) is 11.7. The zero-order valence-corrected chi connectivity index (χ0v) is 18.8. The quantitative estimate of drug-likeness (QED) is 0.182. The van der Waals surface area contributed by atoms with Gasteiger partial charge in [-0.15, -0.1) is 0 Å². The molecule has 1 aromatic carbocycles. The summed E-state index contributed by atoms with van der Waals surface area (Å²) in [6.07, 6.45) is 20.8. The lowest BCUT2D eigenvalue weighted by Gasteiger charge is -2.38. The van der Waals surface area contributed by atoms with Crippen LogP contribution in [0.1, 0.15) is 56.4 Å². The summed E-state index contributed by atoms with van der Waals surface area (Å²) in [6, 6.07) is 12.5. The number of nitrogens with one attached hydrogen (secondary N) is 5. The van der Waals surface area contributed by atoms with Crippen LogP contribution in [0.2, 0.25) is 0 Å². The number of hydrazine groups is 2. The lowest BCUT2D eigenvalue weighted by atomic mass is 9.74. The molecule has 31 heavy (non-hydrogen) atoms. The molecule has 0 aromatic heterocycles. The lowest BCUT2D eigenvalue weighted by Crippen LogP contribution is -2.49. The average Bonchev–Trinajstić information content (AvgIpc) is 2.83. The zero-order valence-electron chi connectivity index (χ0n) is 18.8. The van der Waals surface area contributed by atoms with Crippen molar-refractivity contribution in [2.45, 2.75) is 69.0 Å². The fraction of sp³-hybridized carbons (Fsp3) is 0.538. The molecule has 5 N–H and O–H groups in total. The standard InChI is InChI=1S/C26H39N5/c1-27-31-29-19-28-25-17-16-21(18-24(25)20-10-4-2-5-11-20)23-14-8-9-15-26(23)30-22-12-6-3-7-13-22/h2,4-6,8,10-12,14,18,22-31H,3,7,9,13,15-17,19H2,1H3. The summed E-state index contributed by atoms with van der Waals surface area (Å²) in [6.45, 7) is 0.722. The van der Waals surface area contributed by atoms with Crippen molar-refractivity contribution >= 4 is 0 Å². The molecule has 0 aliphatic heterocycles. The van der Waals surface area contributed by atoms with Crippen LogP contribution in [0.25, 0.3) is 0 Å². The Hall–Kier alpha value is -1.76. The highest BCUT2D eigenvalue weighted by Crippen LogP contribution is 2.38. The molecule has 5 atom stereocenters. The minimum Gasteiger partial charge on any atom is -0.307 e. The van der Waals surface area contributed by atoms with E-state index >= 15 is 0 Å². The van der Waals surface area contributed by atoms with Crippen LogP contribution in [0, 0.1) is 5.92 Å². The van der Waals surface area contributed by atoms with Gasteiger partial charge in [-0.1, -0.05) is 66.3 Å². The number of rotatable bonds is 9. The second-order valence-corrected chi connectivity index (χ2v) is 9.03. The van der Waals surface area contributed by atoms with Gasteiger partial charge in [-0.25, -0.2) is 10.9 Å². The van der Waals surface area contributed by atoms with Gasteiger partial charge in [-0.05, 0) is 57.6 Å². The van der Waals surface area contributed by atoms with E-state index < -0.39 is 0 Å². The zero-order chi connectivity index (χ0) is 21.3. The van der Waals surface area contributed by atoms with Gasteiger partial charge in [-0.3, -0.25) is 5.32 Å². The van der Waals surface area contributed by atoms with Gasteiger partial charge in [0.15, 0.2) is 0 Å². The normalized spacial score (nSPS) is 30.9. The summed E-state index contributed by atoms with van der Waals surface area (Å²) >= 11 is 0. The van der Waals surface area contributed by atoms with E-state index in [2.05, 4.69) is 87.7 Å². The van der Waals surface area contributed by atoms with Gasteiger partial charge >= 0.3 is 0 Å². The molecule has 5 heteroatoms. The molecule has 1 aromatic rings. The Morgan fingerprint density at radius 3 is 2.58 bits per heavy atom. The molecule has 0 bridgehead atoms. The summed E-state index contributed by atoms with van der Waals surface area (Å²) in [5.41, 5.74) is 12.0. The van der Waals surface area contributed by atoms with Crippen LogP contribution in [0.5, 0.6) is 0 Å². The highest BCUT2D eigenvalue weighted by molar-refractivity contribution is 5.33. The van der Waals surface area contributed by atoms with Crippen molar-refractivity contribution in [1.29, 1.82) is 0 Å². The molecule has 168 valence electrons. The van der Waals surface area contributed by atoms with Crippen molar-refractivity contribution in [2.75, 3.05) is 13.7 Å². The molecular formula is C26H39N5. The number of allylic oxidation sites excluding steroid dienone is 2. The highest BCUT2D eigenvalue weighted by Gasteiger charge is 2.32. The second-order valence-electron chi connectivity index (χ2n) is 9.03. The van der Waals surface area contributed by atoms with E-state index in [4.69, 9.17) is 0 Å². The first kappa shape index (κ1) is 22.4. The highest BCUT2D eigenvalue weighted by atomic mass is 15.6. The van der Waals surface area contributed by atoms with Crippen LogP contribution >= 0.6 is 0 Å². The Morgan fingerprint density at radius 1 is 0.903 bits per heavy atom. The largest absolute Gasteiger partial charge is 0.307 e. The van der Waals surface area contributed by atoms with Crippen LogP contribution in [0.3, 0.4) is 0 Å². The van der Waals surface area contributed by atoms with Crippen LogP contribution in [-0.2, 0) is 0 Å². The monoisotopic (exact) mass is 421 g/mol. The molecule has 0 amide bonds. The molecule has 3 aliphatic rings. The molecule has 3 aliphatic carbocycles. The molecule has 0 saturated heterocycles. The first-order valence-corrected chi connectivity index (χ1v) is 12.1. The van der Waals surface area contributed by atoms with Crippen molar-refractivity contribution in [2.24, 2.45) is 5.92 Å². The lowest BCUT2D eigenvalue weighted by molar-refractivity contribution is 0.337. The first-order valence-electron chi connectivity index (χ1n) is 12.1. The van der Waals surface area contributed by atoms with Crippen LogP contribution in [0.15, 0.2) is 66.3 Å². The first-order chi connectivity index (χ1) is 15.3. The van der Waals surface area contributed by atoms with Crippen molar-refractivity contribution in [3.8, 4) is 0 Å². The van der Waals surface area contributed by atoms with E-state index in [9.17, 15) is 0 Å². The Balaban J connectivity index is 1.51. The summed E-state index contributed by atoms with van der Waals surface area (Å²) < 4.78 is 0. The van der Waals surface area contributed by atoms with E-state index in [-0.39, 0.29) is 0 Å². The van der Waals surface area contributed by atoms with Crippen molar-refractivity contribution in [3.63, 3.8) is 0 Å². The predicted molar refractivity (Wildman–Crippen MR) is 129 cm³/mol. The minimum absolute atomic E-state index is 0.395.